The zero-order valence-corrected chi connectivity index (χ0v) is 15.5. The third kappa shape index (κ3) is 5.22. The predicted octanol–water partition coefficient (Wildman–Crippen LogP) is 4.08. The number of thiophene rings is 1. The van der Waals surface area contributed by atoms with Crippen LogP contribution < -0.4 is 10.1 Å². The van der Waals surface area contributed by atoms with E-state index in [4.69, 9.17) is 17.0 Å². The second kappa shape index (κ2) is 8.89. The first-order chi connectivity index (χ1) is 11.1. The molecular formula is C18H24N2OS2. The maximum atomic E-state index is 5.59. The number of nitrogens with one attached hydrogen (secondary N) is 1. The Labute approximate surface area is 148 Å². The zero-order valence-electron chi connectivity index (χ0n) is 13.9. The normalized spacial score (nSPS) is 11.8. The van der Waals surface area contributed by atoms with Crippen molar-refractivity contribution in [2.24, 2.45) is 0 Å². The van der Waals surface area contributed by atoms with Crippen molar-refractivity contribution in [3.05, 3.63) is 52.2 Å². The Morgan fingerprint density at radius 1 is 1.30 bits per heavy atom. The highest BCUT2D eigenvalue weighted by atomic mass is 32.1. The van der Waals surface area contributed by atoms with Crippen molar-refractivity contribution >= 4 is 28.7 Å². The predicted molar refractivity (Wildman–Crippen MR) is 102 cm³/mol. The van der Waals surface area contributed by atoms with Gasteiger partial charge in [0.05, 0.1) is 7.11 Å². The van der Waals surface area contributed by atoms with Crippen molar-refractivity contribution in [1.82, 2.24) is 10.2 Å². The smallest absolute Gasteiger partial charge is 0.169 e. The van der Waals surface area contributed by atoms with Gasteiger partial charge in [0.25, 0.3) is 0 Å². The van der Waals surface area contributed by atoms with Crippen LogP contribution in [0.2, 0.25) is 0 Å². The van der Waals surface area contributed by atoms with E-state index >= 15 is 0 Å². The van der Waals surface area contributed by atoms with Gasteiger partial charge in [0.2, 0.25) is 0 Å². The topological polar surface area (TPSA) is 24.5 Å². The average Bonchev–Trinajstić information content (AvgIpc) is 3.06. The number of methoxy groups -OCH3 is 1. The van der Waals surface area contributed by atoms with Gasteiger partial charge >= 0.3 is 0 Å². The summed E-state index contributed by atoms with van der Waals surface area (Å²) in [5.74, 6) is 0.876. The molecule has 0 unspecified atom stereocenters. The van der Waals surface area contributed by atoms with Gasteiger partial charge in [-0.05, 0) is 55.2 Å². The Kier molecular flexibility index (Phi) is 6.86. The SMILES string of the molecule is CCNC(=S)N(Cc1ccc(OC)cc1)[C@H](C)Cc1cccs1. The van der Waals surface area contributed by atoms with Crippen LogP contribution in [0.4, 0.5) is 0 Å². The van der Waals surface area contributed by atoms with Crippen molar-refractivity contribution in [3.8, 4) is 5.75 Å². The van der Waals surface area contributed by atoms with E-state index in [2.05, 4.69) is 53.7 Å². The third-order valence-electron chi connectivity index (χ3n) is 3.71. The zero-order chi connectivity index (χ0) is 16.7. The third-order valence-corrected chi connectivity index (χ3v) is 4.99. The molecule has 5 heteroatoms. The fourth-order valence-corrected chi connectivity index (χ4v) is 3.65. The summed E-state index contributed by atoms with van der Waals surface area (Å²) in [5, 5.41) is 6.22. The fraction of sp³-hybridized carbons (Fsp3) is 0.389. The van der Waals surface area contributed by atoms with Gasteiger partial charge in [-0.1, -0.05) is 18.2 Å². The number of benzene rings is 1. The van der Waals surface area contributed by atoms with E-state index < -0.39 is 0 Å². The second-order valence-corrected chi connectivity index (χ2v) is 6.86. The van der Waals surface area contributed by atoms with Crippen LogP contribution >= 0.6 is 23.6 Å². The Bertz CT molecular complexity index is 596. The van der Waals surface area contributed by atoms with Gasteiger partial charge in [0.1, 0.15) is 5.75 Å². The van der Waals surface area contributed by atoms with Gasteiger partial charge in [-0.3, -0.25) is 0 Å². The highest BCUT2D eigenvalue weighted by Crippen LogP contribution is 2.18. The molecule has 0 amide bonds. The molecule has 0 fully saturated rings. The molecule has 0 aliphatic carbocycles. The van der Waals surface area contributed by atoms with E-state index in [1.165, 1.54) is 10.4 Å². The molecule has 2 aromatic rings. The molecule has 1 heterocycles. The van der Waals surface area contributed by atoms with Crippen LogP contribution in [0.5, 0.6) is 5.75 Å². The maximum Gasteiger partial charge on any atom is 0.169 e. The van der Waals surface area contributed by atoms with Crippen molar-refractivity contribution in [1.29, 1.82) is 0 Å². The summed E-state index contributed by atoms with van der Waals surface area (Å²) < 4.78 is 5.23. The van der Waals surface area contributed by atoms with E-state index in [-0.39, 0.29) is 0 Å². The minimum absolute atomic E-state index is 0.335. The van der Waals surface area contributed by atoms with Crippen molar-refractivity contribution in [3.63, 3.8) is 0 Å². The van der Waals surface area contributed by atoms with E-state index in [0.717, 1.165) is 30.4 Å². The number of hydrogen-bond donors (Lipinski definition) is 1. The van der Waals surface area contributed by atoms with Gasteiger partial charge < -0.3 is 15.0 Å². The Hall–Kier alpha value is -1.59. The van der Waals surface area contributed by atoms with E-state index in [1.54, 1.807) is 18.4 Å². The molecule has 2 rings (SSSR count). The molecule has 0 saturated heterocycles. The first-order valence-electron chi connectivity index (χ1n) is 7.83. The molecule has 0 radical (unpaired) electrons. The van der Waals surface area contributed by atoms with Gasteiger partial charge in [-0.25, -0.2) is 0 Å². The van der Waals surface area contributed by atoms with Crippen molar-refractivity contribution in [2.45, 2.75) is 32.9 Å². The highest BCUT2D eigenvalue weighted by molar-refractivity contribution is 7.80. The first kappa shape index (κ1) is 17.8. The average molecular weight is 349 g/mol. The summed E-state index contributed by atoms with van der Waals surface area (Å²) in [6.07, 6.45) is 0.999. The number of nitrogens with zero attached hydrogens (tertiary/aromatic N) is 1. The van der Waals surface area contributed by atoms with Crippen molar-refractivity contribution < 1.29 is 4.74 Å². The lowest BCUT2D eigenvalue weighted by molar-refractivity contribution is 0.317. The molecule has 0 aliphatic heterocycles. The number of hydrogen-bond acceptors (Lipinski definition) is 3. The lowest BCUT2D eigenvalue weighted by Crippen LogP contribution is -2.45. The molecule has 1 N–H and O–H groups in total. The molecule has 0 aliphatic rings. The Morgan fingerprint density at radius 3 is 2.61 bits per heavy atom. The minimum Gasteiger partial charge on any atom is -0.497 e. The summed E-state index contributed by atoms with van der Waals surface area (Å²) >= 11 is 7.39. The van der Waals surface area contributed by atoms with Crippen LogP contribution in [0.1, 0.15) is 24.3 Å². The lowest BCUT2D eigenvalue weighted by atomic mass is 10.1. The Morgan fingerprint density at radius 2 is 2.04 bits per heavy atom. The summed E-state index contributed by atoms with van der Waals surface area (Å²) in [6.45, 7) is 5.93. The van der Waals surface area contributed by atoms with E-state index in [1.807, 2.05) is 12.1 Å². The molecule has 0 spiro atoms. The van der Waals surface area contributed by atoms with E-state index in [9.17, 15) is 0 Å². The first-order valence-corrected chi connectivity index (χ1v) is 9.12. The summed E-state index contributed by atoms with van der Waals surface area (Å²) in [4.78, 5) is 3.65. The minimum atomic E-state index is 0.335. The monoisotopic (exact) mass is 348 g/mol. The van der Waals surface area contributed by atoms with Crippen LogP contribution in [0.25, 0.3) is 0 Å². The molecule has 3 nitrogen and oxygen atoms in total. The second-order valence-electron chi connectivity index (χ2n) is 5.44. The summed E-state index contributed by atoms with van der Waals surface area (Å²) in [6, 6.07) is 12.8. The molecule has 124 valence electrons. The van der Waals surface area contributed by atoms with Gasteiger partial charge in [-0.2, -0.15) is 0 Å². The highest BCUT2D eigenvalue weighted by Gasteiger charge is 2.18. The molecule has 23 heavy (non-hydrogen) atoms. The molecule has 1 aromatic heterocycles. The van der Waals surface area contributed by atoms with E-state index in [0.29, 0.717) is 6.04 Å². The largest absolute Gasteiger partial charge is 0.497 e. The number of thiocarbonyl (C=S) groups is 1. The Balaban J connectivity index is 2.10. The van der Waals surface area contributed by atoms with Gasteiger partial charge in [0, 0.05) is 30.4 Å². The standard InChI is InChI=1S/C18H24N2OS2/c1-4-19-18(22)20(14(2)12-17-6-5-11-23-17)13-15-7-9-16(21-3)10-8-15/h5-11,14H,4,12-13H2,1-3H3,(H,19,22)/t14-/m1/s1. The fourth-order valence-electron chi connectivity index (χ4n) is 2.44. The molecular weight excluding hydrogens is 324 g/mol. The van der Waals surface area contributed by atoms with Crippen LogP contribution in [-0.4, -0.2) is 29.7 Å². The quantitative estimate of drug-likeness (QED) is 0.762. The van der Waals surface area contributed by atoms with Gasteiger partial charge in [-0.15, -0.1) is 11.3 Å². The van der Waals surface area contributed by atoms with Crippen LogP contribution in [-0.2, 0) is 13.0 Å². The molecule has 0 bridgehead atoms. The van der Waals surface area contributed by atoms with Gasteiger partial charge in [0.15, 0.2) is 5.11 Å². The van der Waals surface area contributed by atoms with Crippen LogP contribution in [0.15, 0.2) is 41.8 Å². The number of ether oxygens (including phenoxy) is 1. The number of rotatable bonds is 7. The maximum absolute atomic E-state index is 5.59. The molecule has 1 atom stereocenters. The summed E-state index contributed by atoms with van der Waals surface area (Å²) in [5.41, 5.74) is 1.23. The molecule has 0 saturated carbocycles. The lowest BCUT2D eigenvalue weighted by Gasteiger charge is -2.32. The van der Waals surface area contributed by atoms with Crippen molar-refractivity contribution in [2.75, 3.05) is 13.7 Å². The van der Waals surface area contributed by atoms with Crippen LogP contribution in [0.3, 0.4) is 0 Å². The van der Waals surface area contributed by atoms with Crippen LogP contribution in [0, 0.1) is 0 Å². The summed E-state index contributed by atoms with van der Waals surface area (Å²) in [7, 11) is 1.69. The molecule has 1 aromatic carbocycles.